The molecule has 186 valence electrons. The van der Waals surface area contributed by atoms with Crippen LogP contribution in [0.2, 0.25) is 0 Å². The summed E-state index contributed by atoms with van der Waals surface area (Å²) in [5, 5.41) is 3.23. The molecule has 1 fully saturated rings. The fourth-order valence-corrected chi connectivity index (χ4v) is 6.16. The maximum absolute atomic E-state index is 14.4. The third-order valence-electron chi connectivity index (χ3n) is 6.55. The molecule has 1 amide bonds. The SMILES string of the molecule is CN1CCN(S(=O)(=O)c2ccccc2CNC(=O)c2cccc3c(=O)c4cccc(F)c4[nH]c23)CC1. The number of piperazine rings is 1. The third-order valence-corrected chi connectivity index (χ3v) is 8.55. The van der Waals surface area contributed by atoms with Crippen LogP contribution in [0, 0.1) is 5.82 Å². The largest absolute Gasteiger partial charge is 0.351 e. The van der Waals surface area contributed by atoms with Crippen molar-refractivity contribution in [3.8, 4) is 0 Å². The van der Waals surface area contributed by atoms with Crippen molar-refractivity contribution in [1.82, 2.24) is 19.5 Å². The zero-order valence-electron chi connectivity index (χ0n) is 19.6. The van der Waals surface area contributed by atoms with Crippen LogP contribution in [-0.4, -0.2) is 61.7 Å². The number of hydrogen-bond acceptors (Lipinski definition) is 5. The molecule has 0 spiro atoms. The van der Waals surface area contributed by atoms with Gasteiger partial charge in [-0.15, -0.1) is 0 Å². The Kier molecular flexibility index (Phi) is 6.33. The topological polar surface area (TPSA) is 103 Å². The van der Waals surface area contributed by atoms with Crippen LogP contribution in [0.5, 0.6) is 0 Å². The van der Waals surface area contributed by atoms with E-state index in [1.165, 1.54) is 28.6 Å². The summed E-state index contributed by atoms with van der Waals surface area (Å²) in [6, 6.07) is 15.5. The van der Waals surface area contributed by atoms with Gasteiger partial charge in [-0.1, -0.05) is 30.3 Å². The highest BCUT2D eigenvalue weighted by molar-refractivity contribution is 7.89. The number of hydrogen-bond donors (Lipinski definition) is 2. The van der Waals surface area contributed by atoms with Crippen molar-refractivity contribution in [2.75, 3.05) is 33.2 Å². The second-order valence-electron chi connectivity index (χ2n) is 8.84. The standard InChI is InChI=1S/C26H25FN4O4S/c1-30-12-14-31(15-13-30)36(34,35)22-11-3-2-6-17(22)16-28-26(33)20-9-4-7-18-23(20)29-24-19(25(18)32)8-5-10-21(24)27/h2-11H,12-16H2,1H3,(H,28,33)(H,29,32). The number of nitrogens with one attached hydrogen (secondary N) is 2. The minimum Gasteiger partial charge on any atom is -0.351 e. The van der Waals surface area contributed by atoms with Crippen LogP contribution in [0.25, 0.3) is 21.8 Å². The zero-order chi connectivity index (χ0) is 25.4. The maximum Gasteiger partial charge on any atom is 0.253 e. The lowest BCUT2D eigenvalue weighted by Gasteiger charge is -2.32. The van der Waals surface area contributed by atoms with Gasteiger partial charge in [-0.3, -0.25) is 9.59 Å². The lowest BCUT2D eigenvalue weighted by Crippen LogP contribution is -2.47. The number of likely N-dealkylation sites (N-methyl/N-ethyl adjacent to an activating group) is 1. The van der Waals surface area contributed by atoms with Gasteiger partial charge in [0.05, 0.1) is 21.5 Å². The fraction of sp³-hybridized carbons (Fsp3) is 0.231. The van der Waals surface area contributed by atoms with Crippen LogP contribution in [0.15, 0.2) is 70.4 Å². The van der Waals surface area contributed by atoms with Crippen LogP contribution >= 0.6 is 0 Å². The predicted octanol–water partition coefficient (Wildman–Crippen LogP) is 2.69. The van der Waals surface area contributed by atoms with Gasteiger partial charge >= 0.3 is 0 Å². The first kappa shape index (κ1) is 24.1. The molecule has 1 aliphatic rings. The molecular formula is C26H25FN4O4S. The first-order valence-corrected chi connectivity index (χ1v) is 13.0. The molecule has 10 heteroatoms. The molecule has 36 heavy (non-hydrogen) atoms. The molecule has 8 nitrogen and oxygen atoms in total. The average Bonchev–Trinajstić information content (AvgIpc) is 2.88. The molecule has 0 unspecified atom stereocenters. The van der Waals surface area contributed by atoms with Crippen molar-refractivity contribution in [3.63, 3.8) is 0 Å². The monoisotopic (exact) mass is 508 g/mol. The number of sulfonamides is 1. The Bertz CT molecular complexity index is 1640. The number of carbonyl (C=O) groups excluding carboxylic acids is 1. The van der Waals surface area contributed by atoms with Crippen LogP contribution in [0.1, 0.15) is 15.9 Å². The zero-order valence-corrected chi connectivity index (χ0v) is 20.4. The summed E-state index contributed by atoms with van der Waals surface area (Å²) in [6.45, 7) is 2.05. The molecule has 1 aromatic heterocycles. The Balaban J connectivity index is 1.45. The molecule has 5 rings (SSSR count). The van der Waals surface area contributed by atoms with Gasteiger partial charge in [-0.05, 0) is 42.9 Å². The molecular weight excluding hydrogens is 483 g/mol. The van der Waals surface area contributed by atoms with Crippen LogP contribution < -0.4 is 10.7 Å². The van der Waals surface area contributed by atoms with E-state index in [2.05, 4.69) is 15.2 Å². The van der Waals surface area contributed by atoms with E-state index in [1.54, 1.807) is 36.4 Å². The average molecular weight is 509 g/mol. The van der Waals surface area contributed by atoms with Gasteiger partial charge in [0.25, 0.3) is 5.91 Å². The number of pyridine rings is 1. The number of rotatable bonds is 5. The fourth-order valence-electron chi connectivity index (χ4n) is 4.52. The van der Waals surface area contributed by atoms with Gasteiger partial charge in [-0.2, -0.15) is 4.31 Å². The Hall–Kier alpha value is -3.60. The molecule has 3 aromatic carbocycles. The van der Waals surface area contributed by atoms with E-state index < -0.39 is 21.7 Å². The number of nitrogens with zero attached hydrogens (tertiary/aromatic N) is 2. The van der Waals surface area contributed by atoms with E-state index in [0.29, 0.717) is 31.7 Å². The molecule has 0 atom stereocenters. The summed E-state index contributed by atoms with van der Waals surface area (Å²) in [5.74, 6) is -1.11. The van der Waals surface area contributed by atoms with E-state index >= 15 is 0 Å². The van der Waals surface area contributed by atoms with Gasteiger partial charge in [-0.25, -0.2) is 12.8 Å². The van der Waals surface area contributed by atoms with Crippen molar-refractivity contribution in [2.24, 2.45) is 0 Å². The Morgan fingerprint density at radius 2 is 1.61 bits per heavy atom. The van der Waals surface area contributed by atoms with Crippen molar-refractivity contribution in [2.45, 2.75) is 11.4 Å². The third kappa shape index (κ3) is 4.27. The number of aromatic nitrogens is 1. The lowest BCUT2D eigenvalue weighted by atomic mass is 10.1. The van der Waals surface area contributed by atoms with Crippen molar-refractivity contribution >= 4 is 37.7 Å². The normalized spacial score (nSPS) is 15.4. The number of H-pyrrole nitrogens is 1. The number of amides is 1. The number of fused-ring (bicyclic) bond motifs is 2. The smallest absolute Gasteiger partial charge is 0.253 e. The molecule has 0 aliphatic carbocycles. The first-order valence-electron chi connectivity index (χ1n) is 11.6. The minimum absolute atomic E-state index is 0.0267. The van der Waals surface area contributed by atoms with E-state index in [4.69, 9.17) is 0 Å². The molecule has 0 bridgehead atoms. The van der Waals surface area contributed by atoms with E-state index in [0.717, 1.165) is 0 Å². The molecule has 0 radical (unpaired) electrons. The first-order chi connectivity index (χ1) is 17.3. The highest BCUT2D eigenvalue weighted by Gasteiger charge is 2.29. The van der Waals surface area contributed by atoms with Crippen LogP contribution in [0.4, 0.5) is 4.39 Å². The van der Waals surface area contributed by atoms with Gasteiger partial charge in [0.2, 0.25) is 10.0 Å². The number of carbonyl (C=O) groups is 1. The van der Waals surface area contributed by atoms with Gasteiger partial charge in [0, 0.05) is 43.5 Å². The molecule has 1 aliphatic heterocycles. The lowest BCUT2D eigenvalue weighted by molar-refractivity contribution is 0.0952. The van der Waals surface area contributed by atoms with Crippen molar-refractivity contribution in [1.29, 1.82) is 0 Å². The highest BCUT2D eigenvalue weighted by Crippen LogP contribution is 2.23. The second-order valence-corrected chi connectivity index (χ2v) is 10.7. The van der Waals surface area contributed by atoms with E-state index in [1.807, 2.05) is 7.05 Å². The number of para-hydroxylation sites is 2. The summed E-state index contributed by atoms with van der Waals surface area (Å²) in [4.78, 5) is 31.2. The highest BCUT2D eigenvalue weighted by atomic mass is 32.2. The van der Waals surface area contributed by atoms with Crippen molar-refractivity contribution in [3.05, 3.63) is 87.8 Å². The van der Waals surface area contributed by atoms with Gasteiger partial charge < -0.3 is 15.2 Å². The Labute approximate surface area is 207 Å². The Morgan fingerprint density at radius 3 is 2.36 bits per heavy atom. The number of benzene rings is 3. The van der Waals surface area contributed by atoms with E-state index in [9.17, 15) is 22.4 Å². The van der Waals surface area contributed by atoms with Crippen molar-refractivity contribution < 1.29 is 17.6 Å². The van der Waals surface area contributed by atoms with Crippen LogP contribution in [0.3, 0.4) is 0 Å². The summed E-state index contributed by atoms with van der Waals surface area (Å²) >= 11 is 0. The molecule has 2 N–H and O–H groups in total. The molecule has 4 aromatic rings. The second kappa shape index (κ2) is 9.45. The summed E-state index contributed by atoms with van der Waals surface area (Å²) < 4.78 is 42.5. The van der Waals surface area contributed by atoms with Gasteiger partial charge in [0.15, 0.2) is 5.43 Å². The quantitative estimate of drug-likeness (QED) is 0.404. The predicted molar refractivity (Wildman–Crippen MR) is 136 cm³/mol. The Morgan fingerprint density at radius 1 is 0.944 bits per heavy atom. The molecule has 0 saturated carbocycles. The van der Waals surface area contributed by atoms with Crippen LogP contribution in [-0.2, 0) is 16.6 Å². The summed E-state index contributed by atoms with van der Waals surface area (Å²) in [7, 11) is -1.78. The molecule has 1 saturated heterocycles. The number of halogens is 1. The van der Waals surface area contributed by atoms with Gasteiger partial charge in [0.1, 0.15) is 5.82 Å². The summed E-state index contributed by atoms with van der Waals surface area (Å²) in [5.41, 5.74) is 0.482. The number of aromatic amines is 1. The van der Waals surface area contributed by atoms with E-state index in [-0.39, 0.29) is 44.2 Å². The molecule has 2 heterocycles. The summed E-state index contributed by atoms with van der Waals surface area (Å²) in [6.07, 6.45) is 0. The maximum atomic E-state index is 14.4. The minimum atomic E-state index is -3.73.